The molecule has 1 aromatic rings. The summed E-state index contributed by atoms with van der Waals surface area (Å²) in [4.78, 5) is 3.37. The summed E-state index contributed by atoms with van der Waals surface area (Å²) in [7, 11) is -1.54. The average Bonchev–Trinajstić information content (AvgIpc) is 3.03. The molecule has 0 bridgehead atoms. The quantitative estimate of drug-likeness (QED) is 0.799. The standard InChI is InChI=1S/C13H23N3O2S/c1-10(2)16(9-11-4-5-11)19(17,18)13-6-12(7-14-3)15-8-13/h6,8,10-11,14-15H,4-5,7,9H2,1-3H3. The Labute approximate surface area is 115 Å². The van der Waals surface area contributed by atoms with Crippen molar-refractivity contribution < 1.29 is 8.42 Å². The summed E-state index contributed by atoms with van der Waals surface area (Å²) < 4.78 is 26.9. The van der Waals surface area contributed by atoms with E-state index in [1.807, 2.05) is 20.9 Å². The molecule has 0 aliphatic heterocycles. The summed E-state index contributed by atoms with van der Waals surface area (Å²) in [5.74, 6) is 0.549. The summed E-state index contributed by atoms with van der Waals surface area (Å²) in [6, 6.07) is 1.71. The van der Waals surface area contributed by atoms with Gasteiger partial charge < -0.3 is 10.3 Å². The van der Waals surface area contributed by atoms with Crippen LogP contribution in [0.2, 0.25) is 0 Å². The highest BCUT2D eigenvalue weighted by molar-refractivity contribution is 7.89. The van der Waals surface area contributed by atoms with E-state index in [-0.39, 0.29) is 6.04 Å². The first-order valence-corrected chi connectivity index (χ1v) is 8.23. The second-order valence-corrected chi connectivity index (χ2v) is 7.39. The molecule has 5 nitrogen and oxygen atoms in total. The molecule has 1 aliphatic rings. The van der Waals surface area contributed by atoms with Crippen LogP contribution in [-0.2, 0) is 16.6 Å². The van der Waals surface area contributed by atoms with E-state index in [1.54, 1.807) is 16.6 Å². The maximum absolute atomic E-state index is 12.6. The van der Waals surface area contributed by atoms with Crippen LogP contribution in [0, 0.1) is 5.92 Å². The Morgan fingerprint density at radius 2 is 2.16 bits per heavy atom. The molecule has 19 heavy (non-hydrogen) atoms. The topological polar surface area (TPSA) is 65.2 Å². The predicted octanol–water partition coefficient (Wildman–Crippen LogP) is 1.54. The monoisotopic (exact) mass is 285 g/mol. The van der Waals surface area contributed by atoms with Crippen molar-refractivity contribution >= 4 is 10.0 Å². The number of rotatable bonds is 7. The lowest BCUT2D eigenvalue weighted by Gasteiger charge is -2.25. The van der Waals surface area contributed by atoms with Gasteiger partial charge in [0.1, 0.15) is 0 Å². The van der Waals surface area contributed by atoms with Crippen LogP contribution < -0.4 is 5.32 Å². The molecule has 0 saturated heterocycles. The van der Waals surface area contributed by atoms with Crippen LogP contribution in [0.4, 0.5) is 0 Å². The van der Waals surface area contributed by atoms with Gasteiger partial charge in [-0.15, -0.1) is 0 Å². The first kappa shape index (κ1) is 14.6. The minimum Gasteiger partial charge on any atom is -0.363 e. The van der Waals surface area contributed by atoms with Crippen LogP contribution in [0.5, 0.6) is 0 Å². The van der Waals surface area contributed by atoms with Crippen molar-refractivity contribution in [2.45, 2.75) is 44.2 Å². The number of nitrogens with one attached hydrogen (secondary N) is 2. The van der Waals surface area contributed by atoms with Crippen molar-refractivity contribution in [2.75, 3.05) is 13.6 Å². The first-order chi connectivity index (χ1) is 8.95. The van der Waals surface area contributed by atoms with Crippen LogP contribution in [0.3, 0.4) is 0 Å². The Balaban J connectivity index is 2.21. The Morgan fingerprint density at radius 1 is 1.47 bits per heavy atom. The number of hydrogen-bond acceptors (Lipinski definition) is 3. The minimum atomic E-state index is -3.38. The third kappa shape index (κ3) is 3.38. The number of hydrogen-bond donors (Lipinski definition) is 2. The third-order valence-electron chi connectivity index (χ3n) is 3.40. The SMILES string of the molecule is CNCc1cc(S(=O)(=O)N(CC2CC2)C(C)C)c[nH]1. The lowest BCUT2D eigenvalue weighted by Crippen LogP contribution is -2.38. The van der Waals surface area contributed by atoms with Gasteiger partial charge in [0.15, 0.2) is 0 Å². The van der Waals surface area contributed by atoms with E-state index in [0.717, 1.165) is 18.5 Å². The average molecular weight is 285 g/mol. The van der Waals surface area contributed by atoms with Crippen LogP contribution in [-0.4, -0.2) is 37.3 Å². The van der Waals surface area contributed by atoms with Gasteiger partial charge in [0.05, 0.1) is 4.90 Å². The molecule has 2 N–H and O–H groups in total. The lowest BCUT2D eigenvalue weighted by molar-refractivity contribution is 0.342. The molecule has 0 spiro atoms. The van der Waals surface area contributed by atoms with Crippen molar-refractivity contribution in [1.82, 2.24) is 14.6 Å². The van der Waals surface area contributed by atoms with Crippen molar-refractivity contribution in [3.63, 3.8) is 0 Å². The molecular formula is C13H23N3O2S. The van der Waals surface area contributed by atoms with Crippen molar-refractivity contribution in [3.8, 4) is 0 Å². The predicted molar refractivity (Wildman–Crippen MR) is 75.3 cm³/mol. The molecule has 1 aromatic heterocycles. The Hall–Kier alpha value is -0.850. The Kier molecular flexibility index (Phi) is 4.32. The van der Waals surface area contributed by atoms with Crippen LogP contribution in [0.1, 0.15) is 32.4 Å². The second kappa shape index (κ2) is 5.64. The van der Waals surface area contributed by atoms with Crippen LogP contribution in [0.15, 0.2) is 17.2 Å². The van der Waals surface area contributed by atoms with Crippen molar-refractivity contribution in [2.24, 2.45) is 5.92 Å². The highest BCUT2D eigenvalue weighted by Gasteiger charge is 2.33. The number of aromatic amines is 1. The fraction of sp³-hybridized carbons (Fsp3) is 0.692. The number of sulfonamides is 1. The van der Waals surface area contributed by atoms with Gasteiger partial charge in [0.25, 0.3) is 0 Å². The van der Waals surface area contributed by atoms with E-state index in [1.165, 1.54) is 0 Å². The summed E-state index contributed by atoms with van der Waals surface area (Å²) in [5, 5.41) is 3.00. The lowest BCUT2D eigenvalue weighted by atomic mass is 10.3. The summed E-state index contributed by atoms with van der Waals surface area (Å²) in [5.41, 5.74) is 0.885. The molecule has 0 radical (unpaired) electrons. The maximum atomic E-state index is 12.6. The van der Waals surface area contributed by atoms with Gasteiger partial charge in [-0.2, -0.15) is 4.31 Å². The van der Waals surface area contributed by atoms with Gasteiger partial charge in [-0.1, -0.05) is 0 Å². The Morgan fingerprint density at radius 3 is 2.68 bits per heavy atom. The smallest absolute Gasteiger partial charge is 0.244 e. The third-order valence-corrected chi connectivity index (χ3v) is 5.42. The van der Waals surface area contributed by atoms with E-state index in [2.05, 4.69) is 10.3 Å². The molecule has 0 aromatic carbocycles. The molecule has 0 amide bonds. The van der Waals surface area contributed by atoms with Gasteiger partial charge in [-0.05, 0) is 45.7 Å². The summed E-state index contributed by atoms with van der Waals surface area (Å²) in [6.07, 6.45) is 3.89. The molecule has 0 atom stereocenters. The minimum absolute atomic E-state index is 0.00625. The molecule has 0 unspecified atom stereocenters. The molecule has 2 rings (SSSR count). The molecule has 6 heteroatoms. The van der Waals surface area contributed by atoms with Gasteiger partial charge in [0.2, 0.25) is 10.0 Å². The summed E-state index contributed by atoms with van der Waals surface area (Å²) in [6.45, 7) is 5.15. The fourth-order valence-electron chi connectivity index (χ4n) is 2.14. The van der Waals surface area contributed by atoms with E-state index in [4.69, 9.17) is 0 Å². The molecule has 1 saturated carbocycles. The van der Waals surface area contributed by atoms with E-state index >= 15 is 0 Å². The second-order valence-electron chi connectivity index (χ2n) is 5.50. The molecular weight excluding hydrogens is 262 g/mol. The van der Waals surface area contributed by atoms with Gasteiger partial charge in [-0.3, -0.25) is 0 Å². The number of nitrogens with zero attached hydrogens (tertiary/aromatic N) is 1. The molecule has 1 heterocycles. The van der Waals surface area contributed by atoms with Gasteiger partial charge in [0, 0.05) is 31.0 Å². The molecule has 1 fully saturated rings. The zero-order chi connectivity index (χ0) is 14.0. The van der Waals surface area contributed by atoms with Crippen LogP contribution >= 0.6 is 0 Å². The number of H-pyrrole nitrogens is 1. The largest absolute Gasteiger partial charge is 0.363 e. The van der Waals surface area contributed by atoms with E-state index < -0.39 is 10.0 Å². The fourth-order valence-corrected chi connectivity index (χ4v) is 3.87. The first-order valence-electron chi connectivity index (χ1n) is 6.79. The number of aromatic nitrogens is 1. The van der Waals surface area contributed by atoms with Gasteiger partial charge in [-0.25, -0.2) is 8.42 Å². The molecule has 1 aliphatic carbocycles. The van der Waals surface area contributed by atoms with Crippen molar-refractivity contribution in [1.29, 1.82) is 0 Å². The Bertz CT molecular complexity index is 518. The van der Waals surface area contributed by atoms with E-state index in [0.29, 0.717) is 23.9 Å². The zero-order valence-electron chi connectivity index (χ0n) is 11.8. The maximum Gasteiger partial charge on any atom is 0.244 e. The van der Waals surface area contributed by atoms with Crippen LogP contribution in [0.25, 0.3) is 0 Å². The normalized spacial score (nSPS) is 16.5. The highest BCUT2D eigenvalue weighted by Crippen LogP contribution is 2.32. The van der Waals surface area contributed by atoms with E-state index in [9.17, 15) is 8.42 Å². The zero-order valence-corrected chi connectivity index (χ0v) is 12.6. The summed E-state index contributed by atoms with van der Waals surface area (Å²) >= 11 is 0. The van der Waals surface area contributed by atoms with Gasteiger partial charge >= 0.3 is 0 Å². The highest BCUT2D eigenvalue weighted by atomic mass is 32.2. The molecule has 108 valence electrons. The van der Waals surface area contributed by atoms with Crippen molar-refractivity contribution in [3.05, 3.63) is 18.0 Å².